The Balaban J connectivity index is 1.08. The Hall–Kier alpha value is -4.44. The van der Waals surface area contributed by atoms with Gasteiger partial charge in [-0.2, -0.15) is 0 Å². The molecule has 0 N–H and O–H groups in total. The zero-order chi connectivity index (χ0) is 35.0. The molecule has 8 atom stereocenters. The van der Waals surface area contributed by atoms with Crippen LogP contribution in [0.5, 0.6) is 17.2 Å². The number of methoxy groups -OCH3 is 1. The normalized spacial score (nSPS) is 26.4. The van der Waals surface area contributed by atoms with Gasteiger partial charge >= 0.3 is 0 Å². The summed E-state index contributed by atoms with van der Waals surface area (Å²) in [6.45, 7) is 4.89. The van der Waals surface area contributed by atoms with Crippen LogP contribution in [0.1, 0.15) is 37.8 Å². The van der Waals surface area contributed by atoms with Gasteiger partial charge in [0, 0.05) is 12.8 Å². The van der Waals surface area contributed by atoms with Crippen molar-refractivity contribution in [3.05, 3.63) is 139 Å². The maximum atomic E-state index is 6.81. The second-order valence-corrected chi connectivity index (χ2v) is 13.2. The molecule has 266 valence electrons. The molecule has 7 rings (SSSR count). The fourth-order valence-electron chi connectivity index (χ4n) is 6.82. The van der Waals surface area contributed by atoms with Gasteiger partial charge in [-0.05, 0) is 72.1 Å². The van der Waals surface area contributed by atoms with Crippen molar-refractivity contribution in [2.45, 2.75) is 89.1 Å². The van der Waals surface area contributed by atoms with E-state index in [4.69, 9.17) is 37.9 Å². The number of ether oxygens (including phenoxy) is 8. The van der Waals surface area contributed by atoms with E-state index in [9.17, 15) is 0 Å². The summed E-state index contributed by atoms with van der Waals surface area (Å²) in [4.78, 5) is 0. The van der Waals surface area contributed by atoms with Crippen molar-refractivity contribution in [2.24, 2.45) is 0 Å². The zero-order valence-electron chi connectivity index (χ0n) is 29.3. The summed E-state index contributed by atoms with van der Waals surface area (Å²) in [5, 5.41) is 2.27. The molecule has 2 saturated heterocycles. The first-order valence-electron chi connectivity index (χ1n) is 17.7. The van der Waals surface area contributed by atoms with E-state index in [1.54, 1.807) is 7.11 Å². The number of hydrogen-bond donors (Lipinski definition) is 0. The van der Waals surface area contributed by atoms with Crippen molar-refractivity contribution in [2.75, 3.05) is 7.11 Å². The molecule has 0 amide bonds. The summed E-state index contributed by atoms with van der Waals surface area (Å²) >= 11 is 0. The Morgan fingerprint density at radius 3 is 1.80 bits per heavy atom. The molecule has 2 fully saturated rings. The van der Waals surface area contributed by atoms with Gasteiger partial charge in [0.1, 0.15) is 35.6 Å². The highest BCUT2D eigenvalue weighted by atomic mass is 16.7. The molecule has 0 aromatic heterocycles. The fourth-order valence-corrected chi connectivity index (χ4v) is 6.82. The van der Waals surface area contributed by atoms with Crippen molar-refractivity contribution in [1.29, 1.82) is 0 Å². The van der Waals surface area contributed by atoms with Gasteiger partial charge in [0.15, 0.2) is 6.29 Å². The molecule has 8 heteroatoms. The SMILES string of the molecule is COc1ccc(O[C@@H]2C[C@@H](OCc3ccccc3)[C@H](O[C@H]3C[C@@H](Oc4ccc5ccccc5c4)[C@H](OCc4ccccc4)[C@@H](C)O3)[C@@H](C)O2)cc1. The highest BCUT2D eigenvalue weighted by molar-refractivity contribution is 5.83. The average Bonchev–Trinajstić information content (AvgIpc) is 3.16. The van der Waals surface area contributed by atoms with Crippen molar-refractivity contribution >= 4 is 10.8 Å². The number of fused-ring (bicyclic) bond motifs is 1. The number of rotatable bonds is 13. The minimum Gasteiger partial charge on any atom is -0.497 e. The van der Waals surface area contributed by atoms with Gasteiger partial charge in [-0.3, -0.25) is 0 Å². The van der Waals surface area contributed by atoms with E-state index in [0.29, 0.717) is 31.8 Å². The molecule has 0 radical (unpaired) electrons. The fraction of sp³-hybridized carbons (Fsp3) is 0.349. The number of benzene rings is 5. The lowest BCUT2D eigenvalue weighted by Gasteiger charge is -2.44. The first-order valence-corrected chi connectivity index (χ1v) is 17.7. The molecular formula is C43H46O8. The van der Waals surface area contributed by atoms with Crippen molar-refractivity contribution < 1.29 is 37.9 Å². The second kappa shape index (κ2) is 16.7. The Kier molecular flexibility index (Phi) is 11.5. The van der Waals surface area contributed by atoms with Crippen LogP contribution in [0.3, 0.4) is 0 Å². The van der Waals surface area contributed by atoms with E-state index in [2.05, 4.69) is 48.5 Å². The second-order valence-electron chi connectivity index (χ2n) is 13.2. The Morgan fingerprint density at radius 2 is 1.10 bits per heavy atom. The van der Waals surface area contributed by atoms with E-state index >= 15 is 0 Å². The molecule has 2 heterocycles. The Bertz CT molecular complexity index is 1800. The lowest BCUT2D eigenvalue weighted by Crippen LogP contribution is -2.56. The standard InChI is InChI=1S/C43H46O8/c1-29-42(46-28-32-14-8-5-9-15-32)39(49-37-19-18-33-16-10-11-17-34(33)24-37)26-41(47-29)51-43-30(2)48-40(50-36-22-20-35(44-3)21-23-36)25-38(43)45-27-31-12-6-4-7-13-31/h4-24,29-30,38-43H,25-28H2,1-3H3/t29-,30-,38-,39-,40-,41+,42-,43-/m1/s1. The van der Waals surface area contributed by atoms with Crippen LogP contribution >= 0.6 is 0 Å². The van der Waals surface area contributed by atoms with Crippen molar-refractivity contribution in [1.82, 2.24) is 0 Å². The smallest absolute Gasteiger partial charge is 0.202 e. The minimum atomic E-state index is -0.583. The lowest BCUT2D eigenvalue weighted by molar-refractivity contribution is -0.310. The van der Waals surface area contributed by atoms with Crippen LogP contribution in [0.25, 0.3) is 10.8 Å². The summed E-state index contributed by atoms with van der Waals surface area (Å²) in [5.74, 6) is 2.22. The quantitative estimate of drug-likeness (QED) is 0.122. The van der Waals surface area contributed by atoms with Gasteiger partial charge in [-0.15, -0.1) is 0 Å². The average molecular weight is 691 g/mol. The minimum absolute atomic E-state index is 0.312. The molecule has 5 aromatic carbocycles. The van der Waals surface area contributed by atoms with Gasteiger partial charge in [0.25, 0.3) is 0 Å². The number of hydrogen-bond acceptors (Lipinski definition) is 8. The Labute approximate surface area is 300 Å². The molecule has 2 aliphatic heterocycles. The van der Waals surface area contributed by atoms with Gasteiger partial charge < -0.3 is 37.9 Å². The largest absolute Gasteiger partial charge is 0.497 e. The summed E-state index contributed by atoms with van der Waals surface area (Å²) in [7, 11) is 1.64. The molecule has 0 spiro atoms. The molecule has 0 saturated carbocycles. The van der Waals surface area contributed by atoms with Crippen molar-refractivity contribution in [3.63, 3.8) is 0 Å². The van der Waals surface area contributed by atoms with E-state index in [1.165, 1.54) is 0 Å². The van der Waals surface area contributed by atoms with E-state index in [-0.39, 0.29) is 30.5 Å². The first kappa shape index (κ1) is 35.0. The maximum absolute atomic E-state index is 6.81. The lowest BCUT2D eigenvalue weighted by atomic mass is 9.99. The Morgan fingerprint density at radius 1 is 0.529 bits per heavy atom. The molecule has 0 unspecified atom stereocenters. The van der Waals surface area contributed by atoms with Gasteiger partial charge in [-0.1, -0.05) is 91.0 Å². The summed E-state index contributed by atoms with van der Waals surface area (Å²) in [6.07, 6.45) is -2.27. The van der Waals surface area contributed by atoms with Crippen LogP contribution in [0.2, 0.25) is 0 Å². The van der Waals surface area contributed by atoms with Crippen LogP contribution in [0, 0.1) is 0 Å². The molecule has 8 nitrogen and oxygen atoms in total. The molecular weight excluding hydrogens is 644 g/mol. The van der Waals surface area contributed by atoms with E-state index in [1.807, 2.05) is 92.7 Å². The molecule has 0 aliphatic carbocycles. The summed E-state index contributed by atoms with van der Waals surface area (Å²) in [5.41, 5.74) is 2.17. The third-order valence-electron chi connectivity index (χ3n) is 9.48. The maximum Gasteiger partial charge on any atom is 0.202 e. The predicted octanol–water partition coefficient (Wildman–Crippen LogP) is 8.50. The van der Waals surface area contributed by atoms with Gasteiger partial charge in [0.05, 0.1) is 38.6 Å². The van der Waals surface area contributed by atoms with Gasteiger partial charge in [0.2, 0.25) is 6.29 Å². The molecule has 51 heavy (non-hydrogen) atoms. The van der Waals surface area contributed by atoms with Crippen LogP contribution in [0.4, 0.5) is 0 Å². The summed E-state index contributed by atoms with van der Waals surface area (Å²) < 4.78 is 51.2. The van der Waals surface area contributed by atoms with Gasteiger partial charge in [-0.25, -0.2) is 0 Å². The van der Waals surface area contributed by atoms with Crippen LogP contribution in [-0.4, -0.2) is 56.3 Å². The molecule has 2 aliphatic rings. The van der Waals surface area contributed by atoms with Crippen molar-refractivity contribution in [3.8, 4) is 17.2 Å². The summed E-state index contributed by atoms with van der Waals surface area (Å²) in [6, 6.07) is 42.2. The third kappa shape index (κ3) is 9.08. The first-order chi connectivity index (χ1) is 25.0. The molecule has 5 aromatic rings. The van der Waals surface area contributed by atoms with Crippen LogP contribution in [-0.2, 0) is 36.9 Å². The highest BCUT2D eigenvalue weighted by Crippen LogP contribution is 2.34. The topological polar surface area (TPSA) is 73.8 Å². The van der Waals surface area contributed by atoms with Crippen LogP contribution < -0.4 is 14.2 Å². The predicted molar refractivity (Wildman–Crippen MR) is 195 cm³/mol. The highest BCUT2D eigenvalue weighted by Gasteiger charge is 2.45. The van der Waals surface area contributed by atoms with E-state index < -0.39 is 18.7 Å². The zero-order valence-corrected chi connectivity index (χ0v) is 29.3. The third-order valence-corrected chi connectivity index (χ3v) is 9.48. The van der Waals surface area contributed by atoms with Crippen LogP contribution in [0.15, 0.2) is 127 Å². The van der Waals surface area contributed by atoms with E-state index in [0.717, 1.165) is 33.4 Å². The molecule has 0 bridgehead atoms. The monoisotopic (exact) mass is 690 g/mol.